The van der Waals surface area contributed by atoms with Crippen molar-refractivity contribution in [1.82, 2.24) is 9.55 Å². The quantitative estimate of drug-likeness (QED) is 0.221. The molecule has 2 heterocycles. The van der Waals surface area contributed by atoms with Crippen LogP contribution in [0.1, 0.15) is 27.9 Å². The van der Waals surface area contributed by atoms with E-state index in [2.05, 4.69) is 4.98 Å². The third-order valence-electron chi connectivity index (χ3n) is 6.02. The van der Waals surface area contributed by atoms with Gasteiger partial charge in [-0.1, -0.05) is 77.5 Å². The summed E-state index contributed by atoms with van der Waals surface area (Å²) >= 11 is 6.79. The number of Topliss-reactive ketones (excluding diaryl/α,β-unsaturated/α-hetero) is 1. The van der Waals surface area contributed by atoms with Gasteiger partial charge in [-0.3, -0.25) is 9.59 Å². The highest BCUT2D eigenvalue weighted by molar-refractivity contribution is 7.90. The molecule has 3 aromatic carbocycles. The van der Waals surface area contributed by atoms with Gasteiger partial charge in [-0.15, -0.1) is 0 Å². The molecular formula is C28H20ClFN2O4S2. The summed E-state index contributed by atoms with van der Waals surface area (Å²) in [5.74, 6) is -2.00. The molecule has 0 spiro atoms. The molecule has 0 unspecified atom stereocenters. The Hall–Kier alpha value is -3.66. The Balaban J connectivity index is 1.62. The maximum absolute atomic E-state index is 14.4. The van der Waals surface area contributed by atoms with E-state index in [1.165, 1.54) is 19.2 Å². The van der Waals surface area contributed by atoms with Crippen molar-refractivity contribution in [2.45, 2.75) is 24.1 Å². The molecule has 5 rings (SSSR count). The minimum atomic E-state index is -4.13. The van der Waals surface area contributed by atoms with Crippen LogP contribution in [0.15, 0.2) is 88.7 Å². The number of thiazole rings is 1. The fourth-order valence-corrected chi connectivity index (χ4v) is 7.10. The molecule has 0 atom stereocenters. The normalized spacial score (nSPS) is 11.7. The van der Waals surface area contributed by atoms with Gasteiger partial charge in [0.1, 0.15) is 31.8 Å². The lowest BCUT2D eigenvalue weighted by Gasteiger charge is -2.14. The van der Waals surface area contributed by atoms with Gasteiger partial charge in [0.15, 0.2) is 15.6 Å². The van der Waals surface area contributed by atoms with Gasteiger partial charge in [-0.05, 0) is 41.8 Å². The molecule has 6 nitrogen and oxygen atoms in total. The summed E-state index contributed by atoms with van der Waals surface area (Å²) in [6.45, 7) is 1.61. The van der Waals surface area contributed by atoms with E-state index in [1.807, 2.05) is 54.6 Å². The number of carbonyl (C=O) groups excluding carboxylic acids is 1. The first-order chi connectivity index (χ1) is 18.1. The van der Waals surface area contributed by atoms with Crippen LogP contribution in [0.3, 0.4) is 0 Å². The zero-order valence-corrected chi connectivity index (χ0v) is 22.4. The number of sulfone groups is 1. The second kappa shape index (κ2) is 10.2. The van der Waals surface area contributed by atoms with Crippen LogP contribution in [0.25, 0.3) is 21.5 Å². The molecule has 0 radical (unpaired) electrons. The lowest BCUT2D eigenvalue weighted by atomic mass is 9.99. The van der Waals surface area contributed by atoms with Crippen molar-refractivity contribution in [3.05, 3.63) is 116 Å². The van der Waals surface area contributed by atoms with Gasteiger partial charge in [-0.2, -0.15) is 0 Å². The van der Waals surface area contributed by atoms with Crippen LogP contribution in [0.2, 0.25) is 5.02 Å². The minimum absolute atomic E-state index is 0.00155. The summed E-state index contributed by atoms with van der Waals surface area (Å²) in [7, 11) is -4.13. The van der Waals surface area contributed by atoms with Gasteiger partial charge < -0.3 is 4.57 Å². The molecule has 10 heteroatoms. The maximum Gasteiger partial charge on any atom is 0.219 e. The van der Waals surface area contributed by atoms with Crippen molar-refractivity contribution in [2.75, 3.05) is 0 Å². The molecule has 5 aromatic rings. The highest BCUT2D eigenvalue weighted by Gasteiger charge is 2.24. The Morgan fingerprint density at radius 2 is 1.76 bits per heavy atom. The van der Waals surface area contributed by atoms with Crippen LogP contribution in [-0.4, -0.2) is 23.8 Å². The van der Waals surface area contributed by atoms with Crippen LogP contribution in [0.5, 0.6) is 0 Å². The first-order valence-corrected chi connectivity index (χ1v) is 14.3. The SMILES string of the molecule is CC(=O)c1cn(Cc2ccccc2-c2ccccc2)c2sc(CS(=O)(=O)c3ccc(Cl)cc3F)nc2c1=O. The van der Waals surface area contributed by atoms with Gasteiger partial charge in [0, 0.05) is 17.8 Å². The topological polar surface area (TPSA) is 86.1 Å². The average molecular weight is 567 g/mol. The molecule has 0 N–H and O–H groups in total. The van der Waals surface area contributed by atoms with Crippen LogP contribution in [0, 0.1) is 5.82 Å². The van der Waals surface area contributed by atoms with Gasteiger partial charge >= 0.3 is 0 Å². The molecule has 0 aliphatic heterocycles. The Bertz CT molecular complexity index is 1870. The fourth-order valence-electron chi connectivity index (χ4n) is 4.24. The molecule has 192 valence electrons. The molecule has 2 aromatic heterocycles. The molecule has 0 amide bonds. The van der Waals surface area contributed by atoms with E-state index in [1.54, 1.807) is 4.57 Å². The van der Waals surface area contributed by atoms with Crippen molar-refractivity contribution < 1.29 is 17.6 Å². The van der Waals surface area contributed by atoms with E-state index in [0.29, 0.717) is 11.4 Å². The van der Waals surface area contributed by atoms with Crippen molar-refractivity contribution >= 4 is 48.9 Å². The standard InChI is InChI=1S/C28H20ClFN2O4S2/c1-17(33)22-15-32(14-19-9-5-6-10-21(19)18-7-3-2-4-8-18)28-26(27(22)34)31-25(37-28)16-38(35,36)24-12-11-20(29)13-23(24)30/h2-13,15H,14,16H2,1H3. The second-order valence-corrected chi connectivity index (χ2v) is 12.1. The van der Waals surface area contributed by atoms with Gasteiger partial charge in [0.25, 0.3) is 0 Å². The Morgan fingerprint density at radius 3 is 2.47 bits per heavy atom. The molecule has 0 aliphatic carbocycles. The van der Waals surface area contributed by atoms with E-state index in [4.69, 9.17) is 11.6 Å². The summed E-state index contributed by atoms with van der Waals surface area (Å²) in [5.41, 5.74) is 2.31. The van der Waals surface area contributed by atoms with Crippen molar-refractivity contribution in [1.29, 1.82) is 0 Å². The van der Waals surface area contributed by atoms with Gasteiger partial charge in [-0.25, -0.2) is 17.8 Å². The van der Waals surface area contributed by atoms with E-state index in [9.17, 15) is 22.4 Å². The zero-order chi connectivity index (χ0) is 27.0. The Morgan fingerprint density at radius 1 is 1.05 bits per heavy atom. The number of hydrogen-bond donors (Lipinski definition) is 0. The number of hydrogen-bond acceptors (Lipinski definition) is 6. The summed E-state index contributed by atoms with van der Waals surface area (Å²) in [4.78, 5) is 29.6. The lowest BCUT2D eigenvalue weighted by Crippen LogP contribution is -2.18. The molecule has 0 bridgehead atoms. The number of nitrogens with zero attached hydrogens (tertiary/aromatic N) is 2. The maximum atomic E-state index is 14.4. The predicted octanol–water partition coefficient (Wildman–Crippen LogP) is 6.14. The predicted molar refractivity (Wildman–Crippen MR) is 147 cm³/mol. The fraction of sp³-hybridized carbons (Fsp3) is 0.107. The van der Waals surface area contributed by atoms with Crippen molar-refractivity contribution in [3.8, 4) is 11.1 Å². The Kier molecular flexibility index (Phi) is 7.00. The van der Waals surface area contributed by atoms with Gasteiger partial charge in [0.05, 0.1) is 5.56 Å². The molecule has 38 heavy (non-hydrogen) atoms. The third kappa shape index (κ3) is 5.05. The van der Waals surface area contributed by atoms with Crippen LogP contribution in [0.4, 0.5) is 4.39 Å². The zero-order valence-electron chi connectivity index (χ0n) is 20.0. The lowest BCUT2D eigenvalue weighted by molar-refractivity contribution is 0.101. The third-order valence-corrected chi connectivity index (χ3v) is 9.19. The van der Waals surface area contributed by atoms with Crippen LogP contribution < -0.4 is 5.43 Å². The first-order valence-electron chi connectivity index (χ1n) is 11.5. The molecule has 0 fully saturated rings. The van der Waals surface area contributed by atoms with Crippen molar-refractivity contribution in [3.63, 3.8) is 0 Å². The number of aromatic nitrogens is 2. The van der Waals surface area contributed by atoms with E-state index in [0.717, 1.165) is 40.2 Å². The summed E-state index contributed by atoms with van der Waals surface area (Å²) in [6.07, 6.45) is 1.49. The highest BCUT2D eigenvalue weighted by atomic mass is 35.5. The van der Waals surface area contributed by atoms with Crippen LogP contribution >= 0.6 is 22.9 Å². The second-order valence-electron chi connectivity index (χ2n) is 8.67. The molecular weight excluding hydrogens is 547 g/mol. The number of halogens is 2. The van der Waals surface area contributed by atoms with E-state index in [-0.39, 0.29) is 21.1 Å². The number of ketones is 1. The summed E-state index contributed by atoms with van der Waals surface area (Å²) in [6, 6.07) is 20.9. The minimum Gasteiger partial charge on any atom is -0.333 e. The largest absolute Gasteiger partial charge is 0.333 e. The monoisotopic (exact) mass is 566 g/mol. The number of carbonyl (C=O) groups is 1. The van der Waals surface area contributed by atoms with E-state index >= 15 is 0 Å². The number of pyridine rings is 1. The smallest absolute Gasteiger partial charge is 0.219 e. The van der Waals surface area contributed by atoms with Crippen LogP contribution in [-0.2, 0) is 22.1 Å². The first kappa shape index (κ1) is 26.0. The summed E-state index contributed by atoms with van der Waals surface area (Å²) < 4.78 is 42.1. The van der Waals surface area contributed by atoms with Crippen molar-refractivity contribution in [2.24, 2.45) is 0 Å². The summed E-state index contributed by atoms with van der Waals surface area (Å²) in [5, 5.41) is 0.184. The molecule has 0 saturated carbocycles. The van der Waals surface area contributed by atoms with E-state index < -0.39 is 37.5 Å². The number of benzene rings is 3. The number of rotatable bonds is 7. The molecule has 0 aliphatic rings. The highest BCUT2D eigenvalue weighted by Crippen LogP contribution is 2.29. The Labute approximate surface area is 226 Å². The van der Waals surface area contributed by atoms with Gasteiger partial charge in [0.2, 0.25) is 5.43 Å². The molecule has 0 saturated heterocycles. The average Bonchev–Trinajstić information content (AvgIpc) is 3.30. The number of fused-ring (bicyclic) bond motifs is 1.